The lowest BCUT2D eigenvalue weighted by Crippen LogP contribution is -2.03. The SMILES string of the molecule is C1CC2CCC(C1)C2.CO.CO. The Morgan fingerprint density at radius 3 is 1.50 bits per heavy atom. The first-order valence-corrected chi connectivity index (χ1v) is 4.84. The molecule has 0 radical (unpaired) electrons. The van der Waals surface area contributed by atoms with Gasteiger partial charge in [0.05, 0.1) is 0 Å². The van der Waals surface area contributed by atoms with Crippen molar-refractivity contribution in [3.05, 3.63) is 0 Å². The Morgan fingerprint density at radius 2 is 1.17 bits per heavy atom. The van der Waals surface area contributed by atoms with Crippen LogP contribution in [0.1, 0.15) is 38.5 Å². The predicted molar refractivity (Wildman–Crippen MR) is 51.0 cm³/mol. The summed E-state index contributed by atoms with van der Waals surface area (Å²) in [5, 5.41) is 14.0. The Hall–Kier alpha value is -0.0800. The van der Waals surface area contributed by atoms with Crippen molar-refractivity contribution in [1.29, 1.82) is 0 Å². The van der Waals surface area contributed by atoms with Crippen molar-refractivity contribution in [2.75, 3.05) is 14.2 Å². The van der Waals surface area contributed by atoms with Crippen molar-refractivity contribution in [3.63, 3.8) is 0 Å². The van der Waals surface area contributed by atoms with Gasteiger partial charge in [0.15, 0.2) is 0 Å². The summed E-state index contributed by atoms with van der Waals surface area (Å²) in [5.74, 6) is 2.32. The summed E-state index contributed by atoms with van der Waals surface area (Å²) in [7, 11) is 2.00. The van der Waals surface area contributed by atoms with Crippen molar-refractivity contribution in [2.24, 2.45) is 11.8 Å². The van der Waals surface area contributed by atoms with Gasteiger partial charge < -0.3 is 10.2 Å². The molecule has 0 saturated heterocycles. The fraction of sp³-hybridized carbons (Fsp3) is 1.00. The first kappa shape index (κ1) is 11.9. The van der Waals surface area contributed by atoms with Crippen LogP contribution < -0.4 is 0 Å². The quantitative estimate of drug-likeness (QED) is 0.588. The molecule has 2 fully saturated rings. The molecule has 0 amide bonds. The van der Waals surface area contributed by atoms with Crippen LogP contribution in [0.3, 0.4) is 0 Å². The van der Waals surface area contributed by atoms with Crippen LogP contribution in [0.2, 0.25) is 0 Å². The molecule has 2 atom stereocenters. The molecule has 2 heteroatoms. The standard InChI is InChI=1S/C8H14.2CH4O/c1-2-7-4-5-8(3-1)6-7;2*1-2/h7-8H,1-6H2;2*2H,1H3. The van der Waals surface area contributed by atoms with Gasteiger partial charge in [-0.2, -0.15) is 0 Å². The minimum atomic E-state index is 1.00. The monoisotopic (exact) mass is 174 g/mol. The first-order valence-electron chi connectivity index (χ1n) is 4.84. The molecule has 0 aromatic rings. The van der Waals surface area contributed by atoms with E-state index in [0.717, 1.165) is 26.1 Å². The maximum atomic E-state index is 7.00. The number of hydrogen-bond acceptors (Lipinski definition) is 2. The molecule has 2 bridgehead atoms. The van der Waals surface area contributed by atoms with Crippen LogP contribution >= 0.6 is 0 Å². The molecular formula is C10H22O2. The van der Waals surface area contributed by atoms with Crippen LogP contribution in [-0.2, 0) is 0 Å². The highest BCUT2D eigenvalue weighted by Crippen LogP contribution is 2.41. The van der Waals surface area contributed by atoms with E-state index in [0.29, 0.717) is 0 Å². The van der Waals surface area contributed by atoms with Crippen molar-refractivity contribution in [3.8, 4) is 0 Å². The normalized spacial score (nSPS) is 31.0. The van der Waals surface area contributed by atoms with Gasteiger partial charge in [-0.3, -0.25) is 0 Å². The second kappa shape index (κ2) is 7.56. The Kier molecular flexibility index (Phi) is 7.51. The summed E-state index contributed by atoms with van der Waals surface area (Å²) < 4.78 is 0. The summed E-state index contributed by atoms with van der Waals surface area (Å²) in [4.78, 5) is 0. The smallest absolute Gasteiger partial charge is 0.0319 e. The summed E-state index contributed by atoms with van der Waals surface area (Å²) in [6, 6.07) is 0. The maximum absolute atomic E-state index is 7.00. The lowest BCUT2D eigenvalue weighted by atomic mass is 9.89. The van der Waals surface area contributed by atoms with Crippen LogP contribution in [-0.4, -0.2) is 24.4 Å². The van der Waals surface area contributed by atoms with E-state index in [9.17, 15) is 0 Å². The summed E-state index contributed by atoms with van der Waals surface area (Å²) in [6.45, 7) is 0. The molecule has 12 heavy (non-hydrogen) atoms. The third kappa shape index (κ3) is 3.55. The number of hydrogen-bond donors (Lipinski definition) is 2. The number of rotatable bonds is 0. The molecular weight excluding hydrogens is 152 g/mol. The molecule has 0 aromatic carbocycles. The van der Waals surface area contributed by atoms with Gasteiger partial charge in [-0.15, -0.1) is 0 Å². The highest BCUT2D eigenvalue weighted by Gasteiger charge is 2.27. The maximum Gasteiger partial charge on any atom is 0.0319 e. The van der Waals surface area contributed by atoms with Crippen LogP contribution in [0, 0.1) is 11.8 Å². The molecule has 0 spiro atoms. The summed E-state index contributed by atoms with van der Waals surface area (Å²) in [5.41, 5.74) is 0. The fourth-order valence-corrected chi connectivity index (χ4v) is 2.40. The minimum Gasteiger partial charge on any atom is -0.400 e. The third-order valence-corrected chi connectivity index (χ3v) is 2.87. The number of fused-ring (bicyclic) bond motifs is 2. The van der Waals surface area contributed by atoms with Crippen molar-refractivity contribution in [2.45, 2.75) is 38.5 Å². The zero-order valence-electron chi connectivity index (χ0n) is 8.29. The zero-order chi connectivity index (χ0) is 9.40. The second-order valence-corrected chi connectivity index (χ2v) is 3.48. The molecule has 2 nitrogen and oxygen atoms in total. The Balaban J connectivity index is 0.000000269. The molecule has 0 heterocycles. The molecule has 2 aliphatic carbocycles. The molecule has 0 aromatic heterocycles. The molecule has 0 aliphatic heterocycles. The van der Waals surface area contributed by atoms with Gasteiger partial charge in [-0.1, -0.05) is 32.1 Å². The van der Waals surface area contributed by atoms with Gasteiger partial charge in [-0.05, 0) is 18.3 Å². The van der Waals surface area contributed by atoms with E-state index in [1.807, 2.05) is 0 Å². The lowest BCUT2D eigenvalue weighted by Gasteiger charge is -2.16. The van der Waals surface area contributed by atoms with Crippen molar-refractivity contribution >= 4 is 0 Å². The largest absolute Gasteiger partial charge is 0.400 e. The fourth-order valence-electron chi connectivity index (χ4n) is 2.40. The molecule has 2 N–H and O–H groups in total. The van der Waals surface area contributed by atoms with E-state index in [4.69, 9.17) is 10.2 Å². The second-order valence-electron chi connectivity index (χ2n) is 3.48. The van der Waals surface area contributed by atoms with E-state index in [-0.39, 0.29) is 0 Å². The van der Waals surface area contributed by atoms with Crippen LogP contribution in [0.4, 0.5) is 0 Å². The molecule has 2 unspecified atom stereocenters. The Labute approximate surface area is 75.6 Å². The van der Waals surface area contributed by atoms with Crippen LogP contribution in [0.25, 0.3) is 0 Å². The zero-order valence-corrected chi connectivity index (χ0v) is 8.29. The molecule has 74 valence electrons. The number of aliphatic hydroxyl groups excluding tert-OH is 2. The Bertz CT molecular complexity index is 79.8. The predicted octanol–water partition coefficient (Wildman–Crippen LogP) is 1.80. The van der Waals surface area contributed by atoms with Crippen molar-refractivity contribution in [1.82, 2.24) is 0 Å². The minimum absolute atomic E-state index is 1.00. The van der Waals surface area contributed by atoms with Gasteiger partial charge in [-0.25, -0.2) is 0 Å². The topological polar surface area (TPSA) is 40.5 Å². The van der Waals surface area contributed by atoms with Crippen molar-refractivity contribution < 1.29 is 10.2 Å². The van der Waals surface area contributed by atoms with Gasteiger partial charge in [0.2, 0.25) is 0 Å². The molecule has 2 aliphatic rings. The summed E-state index contributed by atoms with van der Waals surface area (Å²) >= 11 is 0. The molecule has 2 rings (SSSR count). The van der Waals surface area contributed by atoms with Gasteiger partial charge >= 0.3 is 0 Å². The third-order valence-electron chi connectivity index (χ3n) is 2.87. The Morgan fingerprint density at radius 1 is 0.750 bits per heavy atom. The van der Waals surface area contributed by atoms with E-state index < -0.39 is 0 Å². The van der Waals surface area contributed by atoms with Crippen LogP contribution in [0.15, 0.2) is 0 Å². The average Bonchev–Trinajstić information content (AvgIpc) is 2.52. The van der Waals surface area contributed by atoms with E-state index in [2.05, 4.69) is 0 Å². The average molecular weight is 174 g/mol. The van der Waals surface area contributed by atoms with Gasteiger partial charge in [0.25, 0.3) is 0 Å². The highest BCUT2D eigenvalue weighted by atomic mass is 16.2. The summed E-state index contributed by atoms with van der Waals surface area (Å²) in [6.07, 6.45) is 9.34. The van der Waals surface area contributed by atoms with Gasteiger partial charge in [0.1, 0.15) is 0 Å². The van der Waals surface area contributed by atoms with E-state index in [1.165, 1.54) is 6.42 Å². The highest BCUT2D eigenvalue weighted by molar-refractivity contribution is 4.80. The van der Waals surface area contributed by atoms with Gasteiger partial charge in [0, 0.05) is 14.2 Å². The first-order chi connectivity index (χ1) is 5.95. The van der Waals surface area contributed by atoms with E-state index in [1.54, 1.807) is 32.1 Å². The number of aliphatic hydroxyl groups is 2. The van der Waals surface area contributed by atoms with Crippen LogP contribution in [0.5, 0.6) is 0 Å². The lowest BCUT2D eigenvalue weighted by molar-refractivity contribution is 0.359. The molecule has 2 saturated carbocycles. The van der Waals surface area contributed by atoms with E-state index >= 15 is 0 Å².